The van der Waals surface area contributed by atoms with E-state index in [4.69, 9.17) is 4.74 Å². The van der Waals surface area contributed by atoms with Crippen LogP contribution in [0.2, 0.25) is 0 Å². The van der Waals surface area contributed by atoms with Crippen LogP contribution < -0.4 is 9.64 Å². The first-order valence-corrected chi connectivity index (χ1v) is 7.68. The summed E-state index contributed by atoms with van der Waals surface area (Å²) in [6, 6.07) is -0.496. The minimum absolute atomic E-state index is 0.496. The normalized spacial score (nSPS) is 22.7. The van der Waals surface area contributed by atoms with Gasteiger partial charge in [-0.25, -0.2) is 4.79 Å². The zero-order chi connectivity index (χ0) is 14.7. The van der Waals surface area contributed by atoms with Crippen LogP contribution in [0.5, 0.6) is 5.88 Å². The van der Waals surface area contributed by atoms with Crippen LogP contribution >= 0.6 is 0 Å². The molecule has 1 aromatic heterocycles. The Balaban J connectivity index is 1.66. The van der Waals surface area contributed by atoms with E-state index in [9.17, 15) is 9.90 Å². The van der Waals surface area contributed by atoms with Crippen LogP contribution in [-0.2, 0) is 4.79 Å². The Morgan fingerprint density at radius 3 is 2.86 bits per heavy atom. The minimum Gasteiger partial charge on any atom is -0.480 e. The van der Waals surface area contributed by atoms with Gasteiger partial charge >= 0.3 is 5.97 Å². The predicted octanol–water partition coefficient (Wildman–Crippen LogP) is 2.10. The summed E-state index contributed by atoms with van der Waals surface area (Å²) in [5.41, 5.74) is 0. The molecule has 3 rings (SSSR count). The third kappa shape index (κ3) is 3.25. The van der Waals surface area contributed by atoms with Gasteiger partial charge in [0.25, 0.3) is 0 Å². The molecular formula is C15H21N3O3. The lowest BCUT2D eigenvalue weighted by Crippen LogP contribution is -2.36. The van der Waals surface area contributed by atoms with Crippen molar-refractivity contribution in [3.63, 3.8) is 0 Å². The molecule has 1 aliphatic heterocycles. The first-order chi connectivity index (χ1) is 10.2. The number of hydrogen-bond donors (Lipinski definition) is 1. The van der Waals surface area contributed by atoms with E-state index in [0.29, 0.717) is 37.2 Å². The van der Waals surface area contributed by atoms with Crippen LogP contribution in [0.25, 0.3) is 0 Å². The summed E-state index contributed by atoms with van der Waals surface area (Å²) in [6.07, 6.45) is 9.76. The number of hydrogen-bond acceptors (Lipinski definition) is 5. The summed E-state index contributed by atoms with van der Waals surface area (Å²) in [6.45, 7) is 1.39. The van der Waals surface area contributed by atoms with Crippen molar-refractivity contribution in [2.75, 3.05) is 18.1 Å². The second-order valence-electron chi connectivity index (χ2n) is 5.87. The Bertz CT molecular complexity index is 503. The zero-order valence-corrected chi connectivity index (χ0v) is 12.1. The highest BCUT2D eigenvalue weighted by atomic mass is 16.5. The summed E-state index contributed by atoms with van der Waals surface area (Å²) < 4.78 is 5.74. The molecule has 1 aliphatic carbocycles. The fourth-order valence-electron chi connectivity index (χ4n) is 3.22. The van der Waals surface area contributed by atoms with Gasteiger partial charge in [0.15, 0.2) is 5.82 Å². The lowest BCUT2D eigenvalue weighted by molar-refractivity contribution is -0.138. The number of rotatable bonds is 5. The van der Waals surface area contributed by atoms with Crippen molar-refractivity contribution in [1.82, 2.24) is 9.97 Å². The number of aromatic nitrogens is 2. The van der Waals surface area contributed by atoms with E-state index in [2.05, 4.69) is 9.97 Å². The maximum Gasteiger partial charge on any atom is 0.326 e. The highest BCUT2D eigenvalue weighted by Crippen LogP contribution is 2.27. The fraction of sp³-hybridized carbons (Fsp3) is 0.667. The average molecular weight is 291 g/mol. The van der Waals surface area contributed by atoms with Gasteiger partial charge < -0.3 is 14.7 Å². The maximum absolute atomic E-state index is 11.2. The quantitative estimate of drug-likeness (QED) is 0.895. The number of ether oxygens (including phenoxy) is 1. The van der Waals surface area contributed by atoms with Gasteiger partial charge in [0.1, 0.15) is 6.04 Å². The van der Waals surface area contributed by atoms with Gasteiger partial charge in [-0.2, -0.15) is 4.98 Å². The van der Waals surface area contributed by atoms with Gasteiger partial charge in [0.2, 0.25) is 5.88 Å². The van der Waals surface area contributed by atoms with Crippen molar-refractivity contribution in [2.45, 2.75) is 44.6 Å². The Hall–Kier alpha value is -1.85. The molecule has 1 saturated heterocycles. The molecule has 1 aromatic rings. The van der Waals surface area contributed by atoms with Crippen molar-refractivity contribution >= 4 is 11.8 Å². The number of carbonyl (C=O) groups is 1. The predicted molar refractivity (Wildman–Crippen MR) is 77.5 cm³/mol. The van der Waals surface area contributed by atoms with Crippen LogP contribution in [0.4, 0.5) is 5.82 Å². The fourth-order valence-corrected chi connectivity index (χ4v) is 3.22. The molecule has 2 aliphatic rings. The van der Waals surface area contributed by atoms with E-state index in [0.717, 1.165) is 6.42 Å². The molecule has 6 nitrogen and oxygen atoms in total. The third-order valence-electron chi connectivity index (χ3n) is 4.37. The number of aliphatic carboxylic acids is 1. The van der Waals surface area contributed by atoms with Crippen molar-refractivity contribution < 1.29 is 14.6 Å². The molecule has 0 aromatic carbocycles. The van der Waals surface area contributed by atoms with Gasteiger partial charge in [-0.3, -0.25) is 4.98 Å². The molecule has 0 spiro atoms. The molecule has 21 heavy (non-hydrogen) atoms. The maximum atomic E-state index is 11.2. The molecule has 0 amide bonds. The summed E-state index contributed by atoms with van der Waals surface area (Å²) in [7, 11) is 0. The Morgan fingerprint density at radius 2 is 2.10 bits per heavy atom. The first kappa shape index (κ1) is 14.1. The molecule has 1 saturated carbocycles. The number of anilines is 1. The summed E-state index contributed by atoms with van der Waals surface area (Å²) in [5, 5.41) is 9.24. The smallest absolute Gasteiger partial charge is 0.326 e. The molecule has 6 heteroatoms. The molecule has 114 valence electrons. The van der Waals surface area contributed by atoms with Crippen LogP contribution in [0.15, 0.2) is 12.4 Å². The molecule has 1 atom stereocenters. The van der Waals surface area contributed by atoms with Crippen LogP contribution in [-0.4, -0.2) is 40.2 Å². The van der Waals surface area contributed by atoms with Crippen molar-refractivity contribution in [1.29, 1.82) is 0 Å². The molecule has 2 heterocycles. The van der Waals surface area contributed by atoms with Crippen molar-refractivity contribution in [3.05, 3.63) is 12.4 Å². The highest BCUT2D eigenvalue weighted by Gasteiger charge is 2.31. The van der Waals surface area contributed by atoms with E-state index in [1.54, 1.807) is 17.3 Å². The number of carboxylic acids is 1. The van der Waals surface area contributed by atoms with Gasteiger partial charge in [0, 0.05) is 6.54 Å². The third-order valence-corrected chi connectivity index (χ3v) is 4.37. The van der Waals surface area contributed by atoms with E-state index in [1.807, 2.05) is 0 Å². The first-order valence-electron chi connectivity index (χ1n) is 7.68. The Kier molecular flexibility index (Phi) is 4.22. The minimum atomic E-state index is -0.799. The second kappa shape index (κ2) is 6.28. The second-order valence-corrected chi connectivity index (χ2v) is 5.87. The molecule has 0 radical (unpaired) electrons. The highest BCUT2D eigenvalue weighted by molar-refractivity contribution is 5.78. The Labute approximate surface area is 124 Å². The molecular weight excluding hydrogens is 270 g/mol. The molecule has 2 fully saturated rings. The summed E-state index contributed by atoms with van der Waals surface area (Å²) >= 11 is 0. The monoisotopic (exact) mass is 291 g/mol. The van der Waals surface area contributed by atoms with E-state index < -0.39 is 12.0 Å². The van der Waals surface area contributed by atoms with Gasteiger partial charge in [0.05, 0.1) is 19.0 Å². The molecule has 1 N–H and O–H groups in total. The van der Waals surface area contributed by atoms with Crippen LogP contribution in [0.1, 0.15) is 38.5 Å². The Morgan fingerprint density at radius 1 is 1.29 bits per heavy atom. The SMILES string of the molecule is O=C(O)C1CCCN1c1cncc(OCC2CCCC2)n1. The van der Waals surface area contributed by atoms with Crippen LogP contribution in [0.3, 0.4) is 0 Å². The number of nitrogens with zero attached hydrogens (tertiary/aromatic N) is 3. The van der Waals surface area contributed by atoms with E-state index in [1.165, 1.54) is 25.7 Å². The zero-order valence-electron chi connectivity index (χ0n) is 12.1. The number of carboxylic acid groups (broad SMARTS) is 1. The standard InChI is InChI=1S/C15H21N3O3/c19-15(20)12-6-3-7-18(12)13-8-16-9-14(17-13)21-10-11-4-1-2-5-11/h8-9,11-12H,1-7,10H2,(H,19,20). The average Bonchev–Trinajstić information content (AvgIpc) is 3.16. The molecule has 0 bridgehead atoms. The summed E-state index contributed by atoms with van der Waals surface area (Å²) in [4.78, 5) is 21.6. The van der Waals surface area contributed by atoms with E-state index in [-0.39, 0.29) is 0 Å². The van der Waals surface area contributed by atoms with Crippen molar-refractivity contribution in [2.24, 2.45) is 5.92 Å². The summed E-state index contributed by atoms with van der Waals surface area (Å²) in [5.74, 6) is 0.917. The van der Waals surface area contributed by atoms with Gasteiger partial charge in [-0.15, -0.1) is 0 Å². The van der Waals surface area contributed by atoms with Crippen molar-refractivity contribution in [3.8, 4) is 5.88 Å². The topological polar surface area (TPSA) is 75.5 Å². The lowest BCUT2D eigenvalue weighted by atomic mass is 10.1. The lowest BCUT2D eigenvalue weighted by Gasteiger charge is -2.22. The van der Waals surface area contributed by atoms with Gasteiger partial charge in [-0.05, 0) is 31.6 Å². The van der Waals surface area contributed by atoms with Crippen LogP contribution in [0, 0.1) is 5.92 Å². The largest absolute Gasteiger partial charge is 0.480 e. The van der Waals surface area contributed by atoms with E-state index >= 15 is 0 Å². The van der Waals surface area contributed by atoms with Gasteiger partial charge in [-0.1, -0.05) is 12.8 Å². The molecule has 1 unspecified atom stereocenters.